The van der Waals surface area contributed by atoms with Gasteiger partial charge in [-0.3, -0.25) is 0 Å². The van der Waals surface area contributed by atoms with Crippen LogP contribution in [0.15, 0.2) is 48.5 Å². The van der Waals surface area contributed by atoms with Crippen LogP contribution in [0, 0.1) is 46.3 Å². The van der Waals surface area contributed by atoms with Crippen molar-refractivity contribution in [3.05, 3.63) is 93.6 Å². The number of aromatic nitrogens is 2. The Morgan fingerprint density at radius 2 is 0.824 bits per heavy atom. The highest BCUT2D eigenvalue weighted by Crippen LogP contribution is 2.29. The third-order valence-corrected chi connectivity index (χ3v) is 4.18. The van der Waals surface area contributed by atoms with E-state index in [1.807, 2.05) is 0 Å². The highest BCUT2D eigenvalue weighted by atomic mass is 19.4. The van der Waals surface area contributed by atoms with Gasteiger partial charge in [0.25, 0.3) is 0 Å². The summed E-state index contributed by atoms with van der Waals surface area (Å²) in [6, 6.07) is 11.3. The Kier molecular flexibility index (Phi) is 6.57. The van der Waals surface area contributed by atoms with E-state index in [9.17, 15) is 36.9 Å². The van der Waals surface area contributed by atoms with Crippen molar-refractivity contribution in [3.8, 4) is 35.8 Å². The molecule has 0 spiro atoms. The van der Waals surface area contributed by atoms with Crippen molar-refractivity contribution in [2.24, 2.45) is 0 Å². The van der Waals surface area contributed by atoms with E-state index in [4.69, 9.17) is 0 Å². The summed E-state index contributed by atoms with van der Waals surface area (Å²) >= 11 is 0. The second-order valence-corrected chi connectivity index (χ2v) is 6.49. The van der Waals surface area contributed by atoms with Crippen LogP contribution in [-0.2, 0) is 12.4 Å². The van der Waals surface area contributed by atoms with Gasteiger partial charge in [-0.15, -0.1) is 0 Å². The maximum Gasteiger partial charge on any atom is 0.416 e. The van der Waals surface area contributed by atoms with Crippen LogP contribution in [0.25, 0.3) is 0 Å². The Hall–Kier alpha value is -4.80. The number of nitriles is 2. The largest absolute Gasteiger partial charge is 0.416 e. The van der Waals surface area contributed by atoms with E-state index in [1.165, 1.54) is 0 Å². The molecule has 4 nitrogen and oxygen atoms in total. The molecule has 1 heterocycles. The molecule has 0 aliphatic carbocycles. The van der Waals surface area contributed by atoms with E-state index in [2.05, 4.69) is 33.6 Å². The molecule has 34 heavy (non-hydrogen) atoms. The predicted octanol–water partition coefficient (Wildman–Crippen LogP) is 5.06. The lowest BCUT2D eigenvalue weighted by molar-refractivity contribution is -0.138. The van der Waals surface area contributed by atoms with Gasteiger partial charge in [-0.1, -0.05) is 11.8 Å². The summed E-state index contributed by atoms with van der Waals surface area (Å²) in [7, 11) is 0. The SMILES string of the molecule is N#Cc1nc(C#Cc2ccc(C(F)(F)F)cc2)c(C#Cc2ccc(C(F)(F)F)cc2)nc1C#N. The van der Waals surface area contributed by atoms with Gasteiger partial charge in [0.1, 0.15) is 23.5 Å². The molecule has 0 aliphatic rings. The van der Waals surface area contributed by atoms with Crippen molar-refractivity contribution in [2.45, 2.75) is 12.4 Å². The van der Waals surface area contributed by atoms with E-state index in [0.717, 1.165) is 48.5 Å². The standard InChI is InChI=1S/C24H8F6N4/c25-23(26,27)17-7-1-15(2-8-17)5-11-19-20(34-22(14-32)21(13-31)33-19)12-6-16-3-9-18(10-4-16)24(28,29)30/h1-4,7-10H. The van der Waals surface area contributed by atoms with Crippen LogP contribution in [0.2, 0.25) is 0 Å². The first kappa shape index (κ1) is 23.9. The summed E-state index contributed by atoms with van der Waals surface area (Å²) in [5.74, 6) is 10.3. The molecule has 2 aromatic carbocycles. The van der Waals surface area contributed by atoms with Gasteiger partial charge in [-0.2, -0.15) is 36.9 Å². The maximum absolute atomic E-state index is 12.7. The first-order valence-corrected chi connectivity index (χ1v) is 9.12. The zero-order valence-corrected chi connectivity index (χ0v) is 16.7. The van der Waals surface area contributed by atoms with E-state index in [1.54, 1.807) is 12.1 Å². The van der Waals surface area contributed by atoms with Crippen LogP contribution in [-0.4, -0.2) is 9.97 Å². The average molecular weight is 466 g/mol. The zero-order chi connectivity index (χ0) is 24.9. The van der Waals surface area contributed by atoms with Gasteiger partial charge in [-0.05, 0) is 60.4 Å². The fourth-order valence-corrected chi connectivity index (χ4v) is 2.51. The summed E-state index contributed by atoms with van der Waals surface area (Å²) in [5, 5.41) is 18.3. The van der Waals surface area contributed by atoms with Crippen LogP contribution in [0.1, 0.15) is 45.0 Å². The number of alkyl halides is 6. The predicted molar refractivity (Wildman–Crippen MR) is 106 cm³/mol. The van der Waals surface area contributed by atoms with Gasteiger partial charge >= 0.3 is 12.4 Å². The first-order chi connectivity index (χ1) is 16.0. The summed E-state index contributed by atoms with van der Waals surface area (Å²) in [4.78, 5) is 7.88. The lowest BCUT2D eigenvalue weighted by Gasteiger charge is -2.05. The number of benzene rings is 2. The van der Waals surface area contributed by atoms with Gasteiger partial charge in [-0.25, -0.2) is 9.97 Å². The topological polar surface area (TPSA) is 73.4 Å². The minimum Gasteiger partial charge on any atom is -0.222 e. The van der Waals surface area contributed by atoms with E-state index < -0.39 is 23.5 Å². The van der Waals surface area contributed by atoms with Gasteiger partial charge in [0.15, 0.2) is 11.4 Å². The third kappa shape index (κ3) is 5.71. The van der Waals surface area contributed by atoms with E-state index in [-0.39, 0.29) is 33.9 Å². The Morgan fingerprint density at radius 1 is 0.500 bits per heavy atom. The molecule has 0 bridgehead atoms. The lowest BCUT2D eigenvalue weighted by Crippen LogP contribution is -2.04. The molecule has 0 radical (unpaired) electrons. The van der Waals surface area contributed by atoms with Crippen LogP contribution in [0.3, 0.4) is 0 Å². The van der Waals surface area contributed by atoms with Gasteiger partial charge in [0.2, 0.25) is 0 Å². The Bertz CT molecular complexity index is 1320. The fourth-order valence-electron chi connectivity index (χ4n) is 2.51. The number of rotatable bonds is 0. The molecule has 10 heteroatoms. The highest BCUT2D eigenvalue weighted by Gasteiger charge is 2.30. The molecule has 0 saturated heterocycles. The van der Waals surface area contributed by atoms with Crippen LogP contribution < -0.4 is 0 Å². The second-order valence-electron chi connectivity index (χ2n) is 6.49. The minimum atomic E-state index is -4.51. The van der Waals surface area contributed by atoms with Crippen molar-refractivity contribution in [3.63, 3.8) is 0 Å². The van der Waals surface area contributed by atoms with E-state index in [0.29, 0.717) is 0 Å². The second kappa shape index (κ2) is 9.36. The molecule has 0 atom stereocenters. The monoisotopic (exact) mass is 466 g/mol. The van der Waals surface area contributed by atoms with Crippen molar-refractivity contribution in [1.82, 2.24) is 9.97 Å². The van der Waals surface area contributed by atoms with Gasteiger partial charge in [0, 0.05) is 11.1 Å². The third-order valence-electron chi connectivity index (χ3n) is 4.18. The number of hydrogen-bond donors (Lipinski definition) is 0. The molecule has 0 fully saturated rings. The Labute approximate surface area is 189 Å². The molecule has 0 saturated carbocycles. The maximum atomic E-state index is 12.7. The van der Waals surface area contributed by atoms with Gasteiger partial charge < -0.3 is 0 Å². The Morgan fingerprint density at radius 3 is 1.09 bits per heavy atom. The van der Waals surface area contributed by atoms with Crippen molar-refractivity contribution >= 4 is 0 Å². The first-order valence-electron chi connectivity index (χ1n) is 9.12. The zero-order valence-electron chi connectivity index (χ0n) is 16.7. The summed E-state index contributed by atoms with van der Waals surface area (Å²) in [5.41, 5.74) is -2.22. The normalized spacial score (nSPS) is 10.7. The molecule has 0 N–H and O–H groups in total. The highest BCUT2D eigenvalue weighted by molar-refractivity contribution is 5.52. The Balaban J connectivity index is 2.01. The summed E-state index contributed by atoms with van der Waals surface area (Å²) in [6.07, 6.45) is -9.01. The number of halogens is 6. The lowest BCUT2D eigenvalue weighted by atomic mass is 10.1. The van der Waals surface area contributed by atoms with Crippen molar-refractivity contribution < 1.29 is 26.3 Å². The number of hydrogen-bond acceptors (Lipinski definition) is 4. The van der Waals surface area contributed by atoms with E-state index >= 15 is 0 Å². The van der Waals surface area contributed by atoms with Crippen molar-refractivity contribution in [1.29, 1.82) is 10.5 Å². The van der Waals surface area contributed by atoms with Crippen LogP contribution in [0.4, 0.5) is 26.3 Å². The average Bonchev–Trinajstić information content (AvgIpc) is 2.80. The quantitative estimate of drug-likeness (QED) is 0.343. The minimum absolute atomic E-state index is 0.130. The molecule has 1 aromatic heterocycles. The summed E-state index contributed by atoms with van der Waals surface area (Å²) in [6.45, 7) is 0. The molecule has 0 amide bonds. The molecule has 166 valence electrons. The fraction of sp³-hybridized carbons (Fsp3) is 0.0833. The molecule has 0 unspecified atom stereocenters. The van der Waals surface area contributed by atoms with Gasteiger partial charge in [0.05, 0.1) is 11.1 Å². The molecule has 3 rings (SSSR count). The summed E-state index contributed by atoms with van der Waals surface area (Å²) < 4.78 is 76.2. The molecular formula is C24H8F6N4. The molecule has 0 aliphatic heterocycles. The smallest absolute Gasteiger partial charge is 0.222 e. The number of nitrogens with zero attached hydrogens (tertiary/aromatic N) is 4. The molecule has 3 aromatic rings. The van der Waals surface area contributed by atoms with Crippen LogP contribution in [0.5, 0.6) is 0 Å². The molecular weight excluding hydrogens is 458 g/mol. The van der Waals surface area contributed by atoms with Crippen LogP contribution >= 0.6 is 0 Å². The van der Waals surface area contributed by atoms with Crippen molar-refractivity contribution in [2.75, 3.05) is 0 Å².